The number of amides is 2. The van der Waals surface area contributed by atoms with Crippen molar-refractivity contribution in [3.05, 3.63) is 0 Å². The summed E-state index contributed by atoms with van der Waals surface area (Å²) >= 11 is 1.52. The molecule has 1 heterocycles. The fourth-order valence-electron chi connectivity index (χ4n) is 2.04. The van der Waals surface area contributed by atoms with E-state index in [1.165, 1.54) is 30.6 Å². The molecular formula is C14H24N2O4S. The van der Waals surface area contributed by atoms with Crippen molar-refractivity contribution in [3.63, 3.8) is 0 Å². The molecule has 1 N–H and O–H groups in total. The number of carboxylic acid groups (broad SMARTS) is 1. The van der Waals surface area contributed by atoms with Crippen LogP contribution in [0.15, 0.2) is 0 Å². The van der Waals surface area contributed by atoms with Crippen LogP contribution in [0.1, 0.15) is 34.1 Å². The second-order valence-electron chi connectivity index (χ2n) is 6.58. The van der Waals surface area contributed by atoms with E-state index in [-0.39, 0.29) is 17.2 Å². The molecule has 1 saturated heterocycles. The summed E-state index contributed by atoms with van der Waals surface area (Å²) in [6, 6.07) is -1.46. The third-order valence-corrected chi connectivity index (χ3v) is 4.47. The topological polar surface area (TPSA) is 77.9 Å². The largest absolute Gasteiger partial charge is 0.480 e. The van der Waals surface area contributed by atoms with Gasteiger partial charge in [-0.3, -0.25) is 9.59 Å². The Kier molecular flexibility index (Phi) is 5.67. The molecule has 0 aliphatic carbocycles. The van der Waals surface area contributed by atoms with Gasteiger partial charge in [0, 0.05) is 19.2 Å². The van der Waals surface area contributed by atoms with Gasteiger partial charge in [0.1, 0.15) is 12.1 Å². The predicted molar refractivity (Wildman–Crippen MR) is 81.9 cm³/mol. The predicted octanol–water partition coefficient (Wildman–Crippen LogP) is 1.26. The van der Waals surface area contributed by atoms with E-state index in [1.807, 2.05) is 20.8 Å². The average Bonchev–Trinajstić information content (AvgIpc) is 2.83. The van der Waals surface area contributed by atoms with Crippen molar-refractivity contribution in [1.82, 2.24) is 9.80 Å². The Morgan fingerprint density at radius 3 is 2.43 bits per heavy atom. The molecule has 1 rings (SSSR count). The van der Waals surface area contributed by atoms with Gasteiger partial charge < -0.3 is 14.9 Å². The van der Waals surface area contributed by atoms with Gasteiger partial charge in [0.2, 0.25) is 11.8 Å². The number of rotatable bonds is 4. The summed E-state index contributed by atoms with van der Waals surface area (Å²) in [4.78, 5) is 38.5. The maximum atomic E-state index is 12.4. The summed E-state index contributed by atoms with van der Waals surface area (Å²) < 4.78 is 0. The zero-order chi connectivity index (χ0) is 16.4. The second kappa shape index (κ2) is 6.68. The first-order valence-electron chi connectivity index (χ1n) is 6.91. The summed E-state index contributed by atoms with van der Waals surface area (Å²) in [5.41, 5.74) is -0.141. The molecule has 120 valence electrons. The summed E-state index contributed by atoms with van der Waals surface area (Å²) in [7, 11) is 1.47. The van der Waals surface area contributed by atoms with E-state index in [0.29, 0.717) is 18.1 Å². The number of carboxylic acids is 1. The second-order valence-corrected chi connectivity index (χ2v) is 7.58. The molecule has 0 radical (unpaired) electrons. The molecule has 0 aromatic heterocycles. The van der Waals surface area contributed by atoms with E-state index in [1.54, 1.807) is 4.90 Å². The molecule has 2 unspecified atom stereocenters. The molecule has 2 amide bonds. The molecule has 21 heavy (non-hydrogen) atoms. The van der Waals surface area contributed by atoms with Crippen LogP contribution in [0.25, 0.3) is 0 Å². The van der Waals surface area contributed by atoms with Crippen molar-refractivity contribution >= 4 is 29.5 Å². The van der Waals surface area contributed by atoms with Crippen LogP contribution in [0.5, 0.6) is 0 Å². The fourth-order valence-corrected chi connectivity index (χ4v) is 3.21. The molecule has 1 aliphatic rings. The van der Waals surface area contributed by atoms with Crippen LogP contribution in [-0.4, -0.2) is 63.5 Å². The number of carbonyl (C=O) groups is 3. The molecule has 0 bridgehead atoms. The van der Waals surface area contributed by atoms with E-state index < -0.39 is 18.1 Å². The van der Waals surface area contributed by atoms with Crippen LogP contribution in [0.2, 0.25) is 0 Å². The smallest absolute Gasteiger partial charge is 0.326 e. The highest BCUT2D eigenvalue weighted by molar-refractivity contribution is 7.99. The van der Waals surface area contributed by atoms with Gasteiger partial charge in [-0.2, -0.15) is 0 Å². The fraction of sp³-hybridized carbons (Fsp3) is 0.786. The Balaban J connectivity index is 2.79. The van der Waals surface area contributed by atoms with E-state index in [4.69, 9.17) is 5.11 Å². The lowest BCUT2D eigenvalue weighted by Crippen LogP contribution is -2.52. The zero-order valence-corrected chi connectivity index (χ0v) is 14.1. The number of aliphatic carboxylic acids is 1. The van der Waals surface area contributed by atoms with Crippen molar-refractivity contribution in [2.24, 2.45) is 5.41 Å². The normalized spacial score (nSPS) is 20.2. The number of likely N-dealkylation sites (N-methyl/N-ethyl adjacent to an activating group) is 1. The highest BCUT2D eigenvalue weighted by Crippen LogP contribution is 2.27. The van der Waals surface area contributed by atoms with Gasteiger partial charge in [-0.05, 0) is 12.3 Å². The van der Waals surface area contributed by atoms with E-state index >= 15 is 0 Å². The third kappa shape index (κ3) is 4.62. The molecule has 7 heteroatoms. The van der Waals surface area contributed by atoms with Gasteiger partial charge in [-0.15, -0.1) is 11.8 Å². The standard InChI is InChI=1S/C14H24N2O4S/c1-9(13(19)20)15(5)12(18)10-7-21-8-16(10)11(17)6-14(2,3)4/h9-10H,6-8H2,1-5H3,(H,19,20). The van der Waals surface area contributed by atoms with Crippen molar-refractivity contribution in [1.29, 1.82) is 0 Å². The first-order valence-corrected chi connectivity index (χ1v) is 8.07. The number of thioether (sulfide) groups is 1. The van der Waals surface area contributed by atoms with Crippen LogP contribution in [0.3, 0.4) is 0 Å². The Labute approximate surface area is 129 Å². The monoisotopic (exact) mass is 316 g/mol. The summed E-state index contributed by atoms with van der Waals surface area (Å²) in [5.74, 6) is -0.408. The Morgan fingerprint density at radius 2 is 1.95 bits per heavy atom. The van der Waals surface area contributed by atoms with Gasteiger partial charge in [-0.1, -0.05) is 20.8 Å². The molecule has 6 nitrogen and oxygen atoms in total. The van der Waals surface area contributed by atoms with Crippen molar-refractivity contribution < 1.29 is 19.5 Å². The van der Waals surface area contributed by atoms with Gasteiger partial charge in [0.25, 0.3) is 0 Å². The van der Waals surface area contributed by atoms with Crippen LogP contribution in [-0.2, 0) is 14.4 Å². The van der Waals surface area contributed by atoms with Crippen molar-refractivity contribution in [3.8, 4) is 0 Å². The molecule has 0 spiro atoms. The molecule has 0 saturated carbocycles. The van der Waals surface area contributed by atoms with Crippen molar-refractivity contribution in [2.75, 3.05) is 18.7 Å². The SMILES string of the molecule is CC(C(=O)O)N(C)C(=O)C1CSCN1C(=O)CC(C)(C)C. The minimum absolute atomic E-state index is 0.0535. The minimum Gasteiger partial charge on any atom is -0.480 e. The van der Waals surface area contributed by atoms with Gasteiger partial charge in [0.15, 0.2) is 0 Å². The summed E-state index contributed by atoms with van der Waals surface area (Å²) in [6.45, 7) is 7.39. The maximum Gasteiger partial charge on any atom is 0.326 e. The van der Waals surface area contributed by atoms with Crippen LogP contribution >= 0.6 is 11.8 Å². The van der Waals surface area contributed by atoms with E-state index in [9.17, 15) is 14.4 Å². The molecule has 0 aromatic carbocycles. The van der Waals surface area contributed by atoms with E-state index in [2.05, 4.69) is 0 Å². The number of carbonyl (C=O) groups excluding carboxylic acids is 2. The Hall–Kier alpha value is -1.24. The highest BCUT2D eigenvalue weighted by Gasteiger charge is 2.38. The number of hydrogen-bond donors (Lipinski definition) is 1. The molecule has 1 fully saturated rings. The van der Waals surface area contributed by atoms with Crippen molar-refractivity contribution in [2.45, 2.75) is 46.2 Å². The van der Waals surface area contributed by atoms with E-state index in [0.717, 1.165) is 0 Å². The first-order chi connectivity index (χ1) is 9.54. The third-order valence-electron chi connectivity index (χ3n) is 3.46. The van der Waals surface area contributed by atoms with Crippen LogP contribution in [0, 0.1) is 5.41 Å². The Morgan fingerprint density at radius 1 is 1.38 bits per heavy atom. The summed E-state index contributed by atoms with van der Waals surface area (Å²) in [5, 5.41) is 8.99. The molecule has 1 aliphatic heterocycles. The lowest BCUT2D eigenvalue weighted by atomic mass is 9.91. The number of hydrogen-bond acceptors (Lipinski definition) is 4. The number of nitrogens with zero attached hydrogens (tertiary/aromatic N) is 2. The van der Waals surface area contributed by atoms with Gasteiger partial charge in [0.05, 0.1) is 5.88 Å². The maximum absolute atomic E-state index is 12.4. The molecule has 2 atom stereocenters. The first kappa shape index (κ1) is 17.8. The zero-order valence-electron chi connectivity index (χ0n) is 13.3. The average molecular weight is 316 g/mol. The van der Waals surface area contributed by atoms with Gasteiger partial charge >= 0.3 is 5.97 Å². The quantitative estimate of drug-likeness (QED) is 0.845. The minimum atomic E-state index is -1.05. The molecule has 0 aromatic rings. The highest BCUT2D eigenvalue weighted by atomic mass is 32.2. The van der Waals surface area contributed by atoms with Crippen LogP contribution < -0.4 is 0 Å². The molecular weight excluding hydrogens is 292 g/mol. The Bertz CT molecular complexity index is 433. The lowest BCUT2D eigenvalue weighted by Gasteiger charge is -2.30. The van der Waals surface area contributed by atoms with Gasteiger partial charge in [-0.25, -0.2) is 4.79 Å². The lowest BCUT2D eigenvalue weighted by molar-refractivity contribution is -0.151. The van der Waals surface area contributed by atoms with Crippen LogP contribution in [0.4, 0.5) is 0 Å². The summed E-state index contributed by atoms with van der Waals surface area (Å²) in [6.07, 6.45) is 0.371.